The lowest BCUT2D eigenvalue weighted by Crippen LogP contribution is -2.39. The van der Waals surface area contributed by atoms with Gasteiger partial charge in [-0.3, -0.25) is 0 Å². The van der Waals surface area contributed by atoms with E-state index >= 15 is 0 Å². The Labute approximate surface area is 170 Å². The summed E-state index contributed by atoms with van der Waals surface area (Å²) in [4.78, 5) is 4.24. The van der Waals surface area contributed by atoms with Crippen LogP contribution in [0.5, 0.6) is 5.75 Å². The monoisotopic (exact) mass is 468 g/mol. The van der Waals surface area contributed by atoms with Gasteiger partial charge >= 0.3 is 0 Å². The second kappa shape index (κ2) is 8.83. The lowest BCUT2D eigenvalue weighted by atomic mass is 10.3. The van der Waals surface area contributed by atoms with Gasteiger partial charge in [0.25, 0.3) is 10.0 Å². The highest BCUT2D eigenvalue weighted by molar-refractivity contribution is 9.10. The van der Waals surface area contributed by atoms with Crippen molar-refractivity contribution >= 4 is 42.4 Å². The number of ether oxygens (including phenoxy) is 1. The third-order valence-corrected chi connectivity index (χ3v) is 6.81. The van der Waals surface area contributed by atoms with Crippen molar-refractivity contribution in [3.63, 3.8) is 0 Å². The van der Waals surface area contributed by atoms with Gasteiger partial charge in [0, 0.05) is 16.0 Å². The van der Waals surface area contributed by atoms with E-state index in [2.05, 4.69) is 20.9 Å². The maximum absolute atomic E-state index is 13.0. The number of hydrogen-bond acceptors (Lipinski definition) is 6. The topological polar surface area (TPSA) is 79.7 Å². The SMILES string of the molecule is O=S(=O)(c1ccccc1)N(CC(O)COc1ccc(Br)cc1)c1nccs1. The highest BCUT2D eigenvalue weighted by Gasteiger charge is 2.29. The van der Waals surface area contributed by atoms with E-state index in [0.29, 0.717) is 10.9 Å². The summed E-state index contributed by atoms with van der Waals surface area (Å²) in [5, 5.41) is 12.4. The number of rotatable bonds is 8. The van der Waals surface area contributed by atoms with E-state index in [1.807, 2.05) is 12.1 Å². The van der Waals surface area contributed by atoms with Gasteiger partial charge in [-0.2, -0.15) is 0 Å². The highest BCUT2D eigenvalue weighted by atomic mass is 79.9. The molecule has 0 radical (unpaired) electrons. The van der Waals surface area contributed by atoms with Crippen molar-refractivity contribution in [1.29, 1.82) is 0 Å². The molecule has 0 aliphatic heterocycles. The molecule has 1 heterocycles. The summed E-state index contributed by atoms with van der Waals surface area (Å²) in [6.45, 7) is -0.213. The minimum atomic E-state index is -3.85. The molecule has 3 aromatic rings. The fourth-order valence-electron chi connectivity index (χ4n) is 2.31. The van der Waals surface area contributed by atoms with Crippen molar-refractivity contribution in [2.24, 2.45) is 0 Å². The molecule has 0 spiro atoms. The van der Waals surface area contributed by atoms with Gasteiger partial charge in [-0.15, -0.1) is 11.3 Å². The van der Waals surface area contributed by atoms with Crippen molar-refractivity contribution in [2.75, 3.05) is 17.5 Å². The molecule has 3 rings (SSSR count). The summed E-state index contributed by atoms with van der Waals surface area (Å²) in [6, 6.07) is 15.2. The van der Waals surface area contributed by atoms with Crippen molar-refractivity contribution in [3.05, 3.63) is 70.6 Å². The third kappa shape index (κ3) is 5.07. The number of hydrogen-bond donors (Lipinski definition) is 1. The Bertz CT molecular complexity index is 949. The molecule has 1 unspecified atom stereocenters. The zero-order chi connectivity index (χ0) is 19.3. The summed E-state index contributed by atoms with van der Waals surface area (Å²) in [5.41, 5.74) is 0. The van der Waals surface area contributed by atoms with Crippen LogP contribution in [0.15, 0.2) is 75.5 Å². The standard InChI is InChI=1S/C18H17BrN2O4S2/c19-14-6-8-16(9-7-14)25-13-15(22)12-21(18-20-10-11-26-18)27(23,24)17-4-2-1-3-5-17/h1-11,15,22H,12-13H2. The zero-order valence-electron chi connectivity index (χ0n) is 14.1. The van der Waals surface area contributed by atoms with Crippen molar-refractivity contribution in [2.45, 2.75) is 11.0 Å². The molecule has 0 bridgehead atoms. The number of thiazole rings is 1. The van der Waals surface area contributed by atoms with Crippen molar-refractivity contribution in [1.82, 2.24) is 4.98 Å². The van der Waals surface area contributed by atoms with E-state index in [1.165, 1.54) is 29.7 Å². The summed E-state index contributed by atoms with van der Waals surface area (Å²) >= 11 is 4.53. The molecule has 142 valence electrons. The van der Waals surface area contributed by atoms with Gasteiger partial charge in [-0.25, -0.2) is 17.7 Å². The summed E-state index contributed by atoms with van der Waals surface area (Å²) in [7, 11) is -3.85. The number of aromatic nitrogens is 1. The molecular weight excluding hydrogens is 452 g/mol. The Morgan fingerprint density at radius 2 is 1.85 bits per heavy atom. The van der Waals surface area contributed by atoms with E-state index in [1.54, 1.807) is 35.7 Å². The van der Waals surface area contributed by atoms with Crippen LogP contribution in [0, 0.1) is 0 Å². The number of sulfonamides is 1. The van der Waals surface area contributed by atoms with Crippen molar-refractivity contribution < 1.29 is 18.3 Å². The molecule has 0 saturated carbocycles. The molecule has 2 aromatic carbocycles. The van der Waals surface area contributed by atoms with E-state index in [9.17, 15) is 13.5 Å². The van der Waals surface area contributed by atoms with Crippen LogP contribution in [-0.2, 0) is 10.0 Å². The summed E-state index contributed by atoms with van der Waals surface area (Å²) in [6.07, 6.45) is 0.495. The van der Waals surface area contributed by atoms with Crippen molar-refractivity contribution in [3.8, 4) is 5.75 Å². The lowest BCUT2D eigenvalue weighted by molar-refractivity contribution is 0.115. The van der Waals surface area contributed by atoms with Gasteiger partial charge < -0.3 is 9.84 Å². The minimum absolute atomic E-state index is 0.0478. The first-order valence-corrected chi connectivity index (χ1v) is 11.1. The van der Waals surface area contributed by atoms with Gasteiger partial charge in [-0.05, 0) is 36.4 Å². The Hall–Kier alpha value is -1.94. The molecule has 1 aromatic heterocycles. The molecule has 9 heteroatoms. The fourth-order valence-corrected chi connectivity index (χ4v) is 4.93. The minimum Gasteiger partial charge on any atom is -0.491 e. The van der Waals surface area contributed by atoms with Crippen LogP contribution in [0.25, 0.3) is 0 Å². The Kier molecular flexibility index (Phi) is 6.48. The third-order valence-electron chi connectivity index (χ3n) is 3.60. The largest absolute Gasteiger partial charge is 0.491 e. The van der Waals surface area contributed by atoms with Crippen LogP contribution >= 0.6 is 27.3 Å². The summed E-state index contributed by atoms with van der Waals surface area (Å²) < 4.78 is 33.6. The van der Waals surface area contributed by atoms with Gasteiger partial charge in [0.2, 0.25) is 0 Å². The number of halogens is 1. The van der Waals surface area contributed by atoms with Crippen LogP contribution in [-0.4, -0.2) is 37.8 Å². The van der Waals surface area contributed by atoms with Crippen LogP contribution in [0.2, 0.25) is 0 Å². The van der Waals surface area contributed by atoms with Crippen LogP contribution in [0.1, 0.15) is 0 Å². The molecule has 0 aliphatic carbocycles. The Morgan fingerprint density at radius 1 is 1.15 bits per heavy atom. The maximum Gasteiger partial charge on any atom is 0.266 e. The Balaban J connectivity index is 1.75. The normalized spacial score (nSPS) is 12.5. The first-order valence-electron chi connectivity index (χ1n) is 8.00. The first kappa shape index (κ1) is 19.8. The van der Waals surface area contributed by atoms with E-state index in [4.69, 9.17) is 4.74 Å². The number of aliphatic hydroxyl groups excluding tert-OH is 1. The maximum atomic E-state index is 13.0. The fraction of sp³-hybridized carbons (Fsp3) is 0.167. The molecule has 1 atom stereocenters. The quantitative estimate of drug-likeness (QED) is 0.546. The molecule has 6 nitrogen and oxygen atoms in total. The molecule has 0 saturated heterocycles. The molecule has 27 heavy (non-hydrogen) atoms. The second-order valence-electron chi connectivity index (χ2n) is 5.58. The van der Waals surface area contributed by atoms with Crippen LogP contribution in [0.4, 0.5) is 5.13 Å². The van der Waals surface area contributed by atoms with Gasteiger partial charge in [0.05, 0.1) is 11.4 Å². The van der Waals surface area contributed by atoms with Crippen LogP contribution in [0.3, 0.4) is 0 Å². The summed E-state index contributed by atoms with van der Waals surface area (Å²) in [5.74, 6) is 0.587. The second-order valence-corrected chi connectivity index (χ2v) is 9.23. The molecule has 0 amide bonds. The molecular formula is C18H17BrN2O4S2. The molecule has 1 N–H and O–H groups in total. The average Bonchev–Trinajstić information content (AvgIpc) is 3.20. The van der Waals surface area contributed by atoms with Gasteiger partial charge in [0.15, 0.2) is 5.13 Å². The average molecular weight is 469 g/mol. The van der Waals surface area contributed by atoms with E-state index < -0.39 is 16.1 Å². The lowest BCUT2D eigenvalue weighted by Gasteiger charge is -2.24. The predicted octanol–water partition coefficient (Wildman–Crippen LogP) is 3.54. The first-order chi connectivity index (χ1) is 13.0. The van der Waals surface area contributed by atoms with Gasteiger partial charge in [0.1, 0.15) is 18.5 Å². The van der Waals surface area contributed by atoms with E-state index in [-0.39, 0.29) is 18.0 Å². The zero-order valence-corrected chi connectivity index (χ0v) is 17.3. The smallest absolute Gasteiger partial charge is 0.266 e. The number of benzene rings is 2. The molecule has 0 fully saturated rings. The highest BCUT2D eigenvalue weighted by Crippen LogP contribution is 2.26. The number of anilines is 1. The van der Waals surface area contributed by atoms with E-state index in [0.717, 1.165) is 8.78 Å². The number of nitrogens with zero attached hydrogens (tertiary/aromatic N) is 2. The molecule has 0 aliphatic rings. The number of aliphatic hydroxyl groups is 1. The predicted molar refractivity (Wildman–Crippen MR) is 109 cm³/mol. The Morgan fingerprint density at radius 3 is 2.48 bits per heavy atom. The van der Waals surface area contributed by atoms with Gasteiger partial charge in [-0.1, -0.05) is 34.1 Å². The van der Waals surface area contributed by atoms with Crippen LogP contribution < -0.4 is 9.04 Å².